The van der Waals surface area contributed by atoms with Crippen molar-refractivity contribution in [3.63, 3.8) is 0 Å². The third-order valence-electron chi connectivity index (χ3n) is 5.43. The predicted molar refractivity (Wildman–Crippen MR) is 132 cm³/mol. The van der Waals surface area contributed by atoms with Gasteiger partial charge in [0.05, 0.1) is 23.8 Å². The van der Waals surface area contributed by atoms with Gasteiger partial charge in [-0.3, -0.25) is 9.36 Å². The van der Waals surface area contributed by atoms with Gasteiger partial charge in [0.15, 0.2) is 5.16 Å². The Hall–Kier alpha value is -3.91. The van der Waals surface area contributed by atoms with Crippen molar-refractivity contribution >= 4 is 22.7 Å². The quantitative estimate of drug-likeness (QED) is 0.233. The van der Waals surface area contributed by atoms with Crippen LogP contribution in [0.4, 0.5) is 0 Å². The van der Waals surface area contributed by atoms with Crippen LogP contribution in [0, 0.1) is 0 Å². The van der Waals surface area contributed by atoms with Crippen LogP contribution in [0.25, 0.3) is 22.3 Å². The number of para-hydroxylation sites is 1. The van der Waals surface area contributed by atoms with Crippen molar-refractivity contribution in [1.82, 2.24) is 19.7 Å². The van der Waals surface area contributed by atoms with Gasteiger partial charge in [-0.25, -0.2) is 4.98 Å². The van der Waals surface area contributed by atoms with Crippen LogP contribution in [0.1, 0.15) is 11.5 Å². The number of rotatable bonds is 8. The summed E-state index contributed by atoms with van der Waals surface area (Å²) >= 11 is 1.41. The highest BCUT2D eigenvalue weighted by molar-refractivity contribution is 7.98. The first-order valence-corrected chi connectivity index (χ1v) is 11.8. The zero-order chi connectivity index (χ0) is 23.3. The van der Waals surface area contributed by atoms with Crippen molar-refractivity contribution in [2.24, 2.45) is 0 Å². The highest BCUT2D eigenvalue weighted by Gasteiger charge is 2.15. The topological polar surface area (TPSA) is 83.0 Å². The van der Waals surface area contributed by atoms with E-state index in [4.69, 9.17) is 14.2 Å². The minimum Gasteiger partial charge on any atom is -0.497 e. The maximum Gasteiger partial charge on any atom is 0.262 e. The van der Waals surface area contributed by atoms with E-state index >= 15 is 0 Å². The molecule has 0 N–H and O–H groups in total. The lowest BCUT2D eigenvalue weighted by molar-refractivity contribution is 0.391. The number of thioether (sulfide) groups is 1. The molecule has 0 unspecified atom stereocenters. The molecule has 0 atom stereocenters. The van der Waals surface area contributed by atoms with E-state index in [0.717, 1.165) is 17.7 Å². The number of nitrogens with zero attached hydrogens (tertiary/aromatic N) is 4. The Kier molecular flexibility index (Phi) is 6.40. The summed E-state index contributed by atoms with van der Waals surface area (Å²) in [6.45, 7) is 0.532. The Morgan fingerprint density at radius 1 is 0.941 bits per heavy atom. The number of fused-ring (bicyclic) bond motifs is 1. The van der Waals surface area contributed by atoms with Crippen LogP contribution in [0.3, 0.4) is 0 Å². The molecular formula is C26H22N4O3S. The molecule has 0 amide bonds. The molecule has 5 rings (SSSR count). The third-order valence-corrected chi connectivity index (χ3v) is 6.40. The standard InChI is InChI=1S/C26H22N4O3S/c1-32-20-13-11-19(12-14-20)24-28-23(33-29-24)17-34-26-27-22-10-6-5-9-21(22)25(31)30(26)16-15-18-7-3-2-4-8-18/h2-14H,15-17H2,1H3. The molecule has 0 radical (unpaired) electrons. The zero-order valence-electron chi connectivity index (χ0n) is 18.5. The summed E-state index contributed by atoms with van der Waals surface area (Å²) in [7, 11) is 1.62. The number of hydrogen-bond donors (Lipinski definition) is 0. The molecule has 5 aromatic rings. The SMILES string of the molecule is COc1ccc(-c2noc(CSc3nc4ccccc4c(=O)n3CCc3ccccc3)n2)cc1. The van der Waals surface area contributed by atoms with Gasteiger partial charge in [-0.1, -0.05) is 59.4 Å². The van der Waals surface area contributed by atoms with Gasteiger partial charge >= 0.3 is 0 Å². The molecule has 2 aromatic heterocycles. The molecule has 0 fully saturated rings. The first kappa shape index (κ1) is 21.9. The lowest BCUT2D eigenvalue weighted by Crippen LogP contribution is -2.24. The summed E-state index contributed by atoms with van der Waals surface area (Å²) < 4.78 is 12.4. The summed E-state index contributed by atoms with van der Waals surface area (Å²) in [6, 6.07) is 25.0. The molecule has 8 heteroatoms. The van der Waals surface area contributed by atoms with E-state index in [1.807, 2.05) is 66.7 Å². The first-order chi connectivity index (χ1) is 16.7. The number of benzene rings is 3. The Bertz CT molecular complexity index is 1460. The van der Waals surface area contributed by atoms with Gasteiger partial charge in [0.2, 0.25) is 11.7 Å². The van der Waals surface area contributed by atoms with E-state index in [0.29, 0.717) is 40.1 Å². The smallest absolute Gasteiger partial charge is 0.262 e. The molecule has 0 aliphatic rings. The second-order valence-electron chi connectivity index (χ2n) is 7.63. The van der Waals surface area contributed by atoms with Gasteiger partial charge in [0.25, 0.3) is 5.56 Å². The fraction of sp³-hybridized carbons (Fsp3) is 0.154. The molecule has 0 saturated heterocycles. The molecule has 0 aliphatic heterocycles. The van der Waals surface area contributed by atoms with Crippen molar-refractivity contribution in [2.75, 3.05) is 7.11 Å². The Labute approximate surface area is 200 Å². The number of hydrogen-bond acceptors (Lipinski definition) is 7. The van der Waals surface area contributed by atoms with E-state index in [9.17, 15) is 4.79 Å². The molecular weight excluding hydrogens is 448 g/mol. The van der Waals surface area contributed by atoms with Gasteiger partial charge in [0.1, 0.15) is 5.75 Å². The number of aromatic nitrogens is 4. The molecule has 34 heavy (non-hydrogen) atoms. The summed E-state index contributed by atoms with van der Waals surface area (Å²) in [6.07, 6.45) is 0.733. The van der Waals surface area contributed by atoms with Gasteiger partial charge in [0, 0.05) is 12.1 Å². The second-order valence-corrected chi connectivity index (χ2v) is 8.58. The molecule has 170 valence electrons. The van der Waals surface area contributed by atoms with Crippen molar-refractivity contribution in [3.8, 4) is 17.1 Å². The number of methoxy groups -OCH3 is 1. The van der Waals surface area contributed by atoms with Gasteiger partial charge in [-0.05, 0) is 48.4 Å². The third kappa shape index (κ3) is 4.72. The van der Waals surface area contributed by atoms with Crippen molar-refractivity contribution in [2.45, 2.75) is 23.9 Å². The molecule has 0 saturated carbocycles. The van der Waals surface area contributed by atoms with Crippen molar-refractivity contribution in [1.29, 1.82) is 0 Å². The fourth-order valence-corrected chi connectivity index (χ4v) is 4.50. The van der Waals surface area contributed by atoms with Gasteiger partial charge in [-0.2, -0.15) is 4.98 Å². The van der Waals surface area contributed by atoms with Crippen LogP contribution >= 0.6 is 11.8 Å². The second kappa shape index (κ2) is 9.93. The zero-order valence-corrected chi connectivity index (χ0v) is 19.4. The van der Waals surface area contributed by atoms with Crippen LogP contribution in [0.2, 0.25) is 0 Å². The van der Waals surface area contributed by atoms with Crippen LogP contribution in [-0.2, 0) is 18.7 Å². The molecule has 0 aliphatic carbocycles. The lowest BCUT2D eigenvalue weighted by Gasteiger charge is -2.12. The first-order valence-electron chi connectivity index (χ1n) is 10.8. The summed E-state index contributed by atoms with van der Waals surface area (Å²) in [4.78, 5) is 22.5. The van der Waals surface area contributed by atoms with Crippen LogP contribution in [0.15, 0.2) is 93.3 Å². The highest BCUT2D eigenvalue weighted by atomic mass is 32.2. The minimum atomic E-state index is -0.0477. The monoisotopic (exact) mass is 470 g/mol. The fourth-order valence-electron chi connectivity index (χ4n) is 3.64. The van der Waals surface area contributed by atoms with Gasteiger partial charge in [-0.15, -0.1) is 0 Å². The van der Waals surface area contributed by atoms with Crippen LogP contribution < -0.4 is 10.3 Å². The van der Waals surface area contributed by atoms with E-state index in [1.54, 1.807) is 11.7 Å². The van der Waals surface area contributed by atoms with E-state index < -0.39 is 0 Å². The Morgan fingerprint density at radius 2 is 1.71 bits per heavy atom. The number of ether oxygens (including phenoxy) is 1. The summed E-state index contributed by atoms with van der Waals surface area (Å²) in [5.41, 5.74) is 2.63. The van der Waals surface area contributed by atoms with Crippen molar-refractivity contribution < 1.29 is 9.26 Å². The Morgan fingerprint density at radius 3 is 2.50 bits per heavy atom. The van der Waals surface area contributed by atoms with E-state index in [-0.39, 0.29) is 5.56 Å². The average Bonchev–Trinajstić information content (AvgIpc) is 3.37. The van der Waals surface area contributed by atoms with E-state index in [1.165, 1.54) is 17.3 Å². The van der Waals surface area contributed by atoms with Crippen LogP contribution in [0.5, 0.6) is 5.75 Å². The predicted octanol–water partition coefficient (Wildman–Crippen LogP) is 4.99. The molecule has 7 nitrogen and oxygen atoms in total. The summed E-state index contributed by atoms with van der Waals surface area (Å²) in [5, 5.41) is 5.33. The molecule has 0 spiro atoms. The summed E-state index contributed by atoms with van der Waals surface area (Å²) in [5.74, 6) is 2.14. The minimum absolute atomic E-state index is 0.0477. The average molecular weight is 471 g/mol. The maximum absolute atomic E-state index is 13.3. The van der Waals surface area contributed by atoms with Crippen LogP contribution in [-0.4, -0.2) is 26.8 Å². The maximum atomic E-state index is 13.3. The molecule has 3 aromatic carbocycles. The lowest BCUT2D eigenvalue weighted by atomic mass is 10.1. The molecule has 0 bridgehead atoms. The highest BCUT2D eigenvalue weighted by Crippen LogP contribution is 2.24. The van der Waals surface area contributed by atoms with Crippen molar-refractivity contribution in [3.05, 3.63) is 101 Å². The normalized spacial score (nSPS) is 11.1. The Balaban J connectivity index is 1.39. The van der Waals surface area contributed by atoms with Gasteiger partial charge < -0.3 is 9.26 Å². The largest absolute Gasteiger partial charge is 0.497 e. The van der Waals surface area contributed by atoms with E-state index in [2.05, 4.69) is 22.3 Å². The number of aryl methyl sites for hydroxylation is 1. The molecule has 2 heterocycles.